The summed E-state index contributed by atoms with van der Waals surface area (Å²) >= 11 is 0. The number of ether oxygens (including phenoxy) is 1. The summed E-state index contributed by atoms with van der Waals surface area (Å²) in [7, 11) is 3.56. The summed E-state index contributed by atoms with van der Waals surface area (Å²) in [6, 6.07) is 8.53. The molecule has 1 atom stereocenters. The number of anilines is 1. The second kappa shape index (κ2) is 6.64. The number of nitrogens with zero attached hydrogens (tertiary/aromatic N) is 4. The van der Waals surface area contributed by atoms with Crippen molar-refractivity contribution < 1.29 is 13.9 Å². The maximum atomic E-state index is 13.7. The van der Waals surface area contributed by atoms with E-state index in [2.05, 4.69) is 10.00 Å². The van der Waals surface area contributed by atoms with Crippen molar-refractivity contribution in [3.05, 3.63) is 47.5 Å². The molecule has 2 aromatic rings. The first-order valence-corrected chi connectivity index (χ1v) is 9.30. The molecule has 0 saturated carbocycles. The number of benzene rings is 1. The number of carbonyl (C=O) groups excluding carboxylic acids is 1. The summed E-state index contributed by atoms with van der Waals surface area (Å²) in [5.41, 5.74) is 2.15. The Balaban J connectivity index is 1.51. The summed E-state index contributed by atoms with van der Waals surface area (Å²) in [4.78, 5) is 16.9. The van der Waals surface area contributed by atoms with Gasteiger partial charge in [-0.25, -0.2) is 4.39 Å². The molecule has 144 valence electrons. The lowest BCUT2D eigenvalue weighted by atomic mass is 9.73. The van der Waals surface area contributed by atoms with Gasteiger partial charge in [-0.1, -0.05) is 6.07 Å². The molecule has 4 rings (SSSR count). The molecule has 0 aliphatic carbocycles. The van der Waals surface area contributed by atoms with E-state index in [1.54, 1.807) is 23.9 Å². The van der Waals surface area contributed by atoms with Crippen LogP contribution in [0.5, 0.6) is 0 Å². The van der Waals surface area contributed by atoms with Crippen LogP contribution >= 0.6 is 0 Å². The number of piperidine rings is 1. The van der Waals surface area contributed by atoms with Crippen molar-refractivity contribution in [1.29, 1.82) is 0 Å². The quantitative estimate of drug-likeness (QED) is 0.830. The van der Waals surface area contributed by atoms with Crippen molar-refractivity contribution in [2.24, 2.45) is 7.05 Å². The molecule has 27 heavy (non-hydrogen) atoms. The Bertz CT molecular complexity index is 838. The zero-order chi connectivity index (χ0) is 19.2. The SMILES string of the molecule is COC1CN(c2cccc(F)c2)C12CCN(C(=O)c1cc(C)n(C)n1)CC2. The molecule has 1 aromatic carbocycles. The average Bonchev–Trinajstić information content (AvgIpc) is 2.99. The summed E-state index contributed by atoms with van der Waals surface area (Å²) in [6.07, 6.45) is 1.68. The summed E-state index contributed by atoms with van der Waals surface area (Å²) in [6.45, 7) is 3.96. The van der Waals surface area contributed by atoms with Gasteiger partial charge in [0.1, 0.15) is 5.82 Å². The van der Waals surface area contributed by atoms with Gasteiger partial charge in [0.25, 0.3) is 5.91 Å². The second-order valence-corrected chi connectivity index (χ2v) is 7.51. The standard InChI is InChI=1S/C20H25FN4O2/c1-14-11-17(22-23(14)2)19(26)24-9-7-20(8-10-24)18(27-3)13-25(20)16-6-4-5-15(21)12-16/h4-6,11-12,18H,7-10,13H2,1-3H3. The molecular formula is C20H25FN4O2. The number of likely N-dealkylation sites (tertiary alicyclic amines) is 1. The molecule has 2 saturated heterocycles. The number of hydrogen-bond acceptors (Lipinski definition) is 4. The van der Waals surface area contributed by atoms with Crippen LogP contribution in [0.1, 0.15) is 29.0 Å². The molecule has 2 fully saturated rings. The lowest BCUT2D eigenvalue weighted by Gasteiger charge is -2.61. The Kier molecular flexibility index (Phi) is 4.42. The Morgan fingerprint density at radius 1 is 1.30 bits per heavy atom. The first kappa shape index (κ1) is 18.0. The van der Waals surface area contributed by atoms with Crippen LogP contribution in [0, 0.1) is 12.7 Å². The van der Waals surface area contributed by atoms with Gasteiger partial charge in [-0.3, -0.25) is 9.48 Å². The van der Waals surface area contributed by atoms with E-state index in [1.165, 1.54) is 6.07 Å². The molecular weight excluding hydrogens is 347 g/mol. The normalized spacial score (nSPS) is 21.4. The number of methoxy groups -OCH3 is 1. The van der Waals surface area contributed by atoms with Gasteiger partial charge in [-0.2, -0.15) is 5.10 Å². The summed E-state index contributed by atoms with van der Waals surface area (Å²) in [5.74, 6) is -0.263. The predicted octanol–water partition coefficient (Wildman–Crippen LogP) is 2.38. The van der Waals surface area contributed by atoms with E-state index in [0.717, 1.165) is 30.8 Å². The van der Waals surface area contributed by atoms with Crippen LogP contribution in [0.15, 0.2) is 30.3 Å². The first-order valence-electron chi connectivity index (χ1n) is 9.30. The average molecular weight is 372 g/mol. The smallest absolute Gasteiger partial charge is 0.274 e. The van der Waals surface area contributed by atoms with Crippen molar-refractivity contribution in [2.45, 2.75) is 31.4 Å². The molecule has 1 amide bonds. The molecule has 1 spiro atoms. The topological polar surface area (TPSA) is 50.6 Å². The molecule has 6 nitrogen and oxygen atoms in total. The van der Waals surface area contributed by atoms with Gasteiger partial charge in [0.2, 0.25) is 0 Å². The monoisotopic (exact) mass is 372 g/mol. The van der Waals surface area contributed by atoms with Crippen molar-refractivity contribution >= 4 is 11.6 Å². The van der Waals surface area contributed by atoms with Crippen LogP contribution in [0.2, 0.25) is 0 Å². The van der Waals surface area contributed by atoms with E-state index >= 15 is 0 Å². The van der Waals surface area contributed by atoms with Gasteiger partial charge >= 0.3 is 0 Å². The number of carbonyl (C=O) groups is 1. The number of amides is 1. The fourth-order valence-corrected chi connectivity index (χ4v) is 4.40. The van der Waals surface area contributed by atoms with Crippen LogP contribution in [-0.2, 0) is 11.8 Å². The van der Waals surface area contributed by atoms with Gasteiger partial charge in [0.15, 0.2) is 5.69 Å². The van der Waals surface area contributed by atoms with Gasteiger partial charge in [0.05, 0.1) is 11.6 Å². The van der Waals surface area contributed by atoms with Gasteiger partial charge in [-0.05, 0) is 44.0 Å². The highest BCUT2D eigenvalue weighted by Crippen LogP contribution is 2.44. The number of aromatic nitrogens is 2. The fourth-order valence-electron chi connectivity index (χ4n) is 4.40. The van der Waals surface area contributed by atoms with E-state index in [0.29, 0.717) is 18.8 Å². The van der Waals surface area contributed by atoms with E-state index in [4.69, 9.17) is 4.74 Å². The minimum absolute atomic E-state index is 0.0286. The van der Waals surface area contributed by atoms with E-state index in [-0.39, 0.29) is 23.4 Å². The molecule has 1 unspecified atom stereocenters. The molecule has 7 heteroatoms. The number of aryl methyl sites for hydroxylation is 2. The van der Waals surface area contributed by atoms with E-state index in [9.17, 15) is 9.18 Å². The third kappa shape index (κ3) is 2.90. The zero-order valence-electron chi connectivity index (χ0n) is 16.0. The third-order valence-electron chi connectivity index (χ3n) is 6.14. The van der Waals surface area contributed by atoms with Crippen molar-refractivity contribution in [3.8, 4) is 0 Å². The Morgan fingerprint density at radius 3 is 2.63 bits per heavy atom. The van der Waals surface area contributed by atoms with Crippen LogP contribution in [0.3, 0.4) is 0 Å². The van der Waals surface area contributed by atoms with Gasteiger partial charge in [0, 0.05) is 45.2 Å². The van der Waals surface area contributed by atoms with Crippen molar-refractivity contribution in [3.63, 3.8) is 0 Å². The van der Waals surface area contributed by atoms with Crippen molar-refractivity contribution in [1.82, 2.24) is 14.7 Å². The van der Waals surface area contributed by atoms with E-state index < -0.39 is 0 Å². The van der Waals surface area contributed by atoms with E-state index in [1.807, 2.05) is 31.0 Å². The Morgan fingerprint density at radius 2 is 2.04 bits per heavy atom. The maximum Gasteiger partial charge on any atom is 0.274 e. The summed E-state index contributed by atoms with van der Waals surface area (Å²) < 4.78 is 21.1. The molecule has 2 aliphatic heterocycles. The molecule has 0 radical (unpaired) electrons. The molecule has 0 bridgehead atoms. The maximum absolute atomic E-state index is 13.7. The fraction of sp³-hybridized carbons (Fsp3) is 0.500. The molecule has 2 aliphatic rings. The first-order chi connectivity index (χ1) is 12.9. The number of rotatable bonds is 3. The van der Waals surface area contributed by atoms with Crippen LogP contribution in [-0.4, -0.2) is 59.0 Å². The lowest BCUT2D eigenvalue weighted by molar-refractivity contribution is -0.0434. The highest BCUT2D eigenvalue weighted by molar-refractivity contribution is 5.92. The third-order valence-corrected chi connectivity index (χ3v) is 6.14. The van der Waals surface area contributed by atoms with Gasteiger partial charge in [-0.15, -0.1) is 0 Å². The molecule has 1 aromatic heterocycles. The highest BCUT2D eigenvalue weighted by atomic mass is 19.1. The zero-order valence-corrected chi connectivity index (χ0v) is 16.0. The molecule has 0 N–H and O–H groups in total. The van der Waals surface area contributed by atoms with Crippen molar-refractivity contribution in [2.75, 3.05) is 31.6 Å². The largest absolute Gasteiger partial charge is 0.377 e. The number of halogens is 1. The minimum Gasteiger partial charge on any atom is -0.377 e. The van der Waals surface area contributed by atoms with Crippen LogP contribution in [0.25, 0.3) is 0 Å². The Labute approximate surface area is 158 Å². The minimum atomic E-state index is -0.235. The second-order valence-electron chi connectivity index (χ2n) is 7.51. The molecule has 3 heterocycles. The lowest BCUT2D eigenvalue weighted by Crippen LogP contribution is -2.74. The van der Waals surface area contributed by atoms with Gasteiger partial charge < -0.3 is 14.5 Å². The number of hydrogen-bond donors (Lipinski definition) is 0. The predicted molar refractivity (Wildman–Crippen MR) is 100 cm³/mol. The van der Waals surface area contributed by atoms with Crippen LogP contribution < -0.4 is 4.90 Å². The van der Waals surface area contributed by atoms with Crippen LogP contribution in [0.4, 0.5) is 10.1 Å². The Hall–Kier alpha value is -2.41. The summed E-state index contributed by atoms with van der Waals surface area (Å²) in [5, 5.41) is 4.31. The highest BCUT2D eigenvalue weighted by Gasteiger charge is 2.55.